The van der Waals surface area contributed by atoms with E-state index in [1.807, 2.05) is 6.07 Å². The van der Waals surface area contributed by atoms with Gasteiger partial charge in [0.25, 0.3) is 5.91 Å². The summed E-state index contributed by atoms with van der Waals surface area (Å²) in [6, 6.07) is 10.3. The van der Waals surface area contributed by atoms with E-state index in [0.717, 1.165) is 12.8 Å². The molecule has 0 aliphatic carbocycles. The molecule has 0 saturated carbocycles. The molecule has 2 atom stereocenters. The maximum absolute atomic E-state index is 11.9. The summed E-state index contributed by atoms with van der Waals surface area (Å²) < 4.78 is 0. The Bertz CT molecular complexity index is 511. The second-order valence-corrected chi connectivity index (χ2v) is 5.92. The van der Waals surface area contributed by atoms with E-state index in [2.05, 4.69) is 16.0 Å². The highest BCUT2D eigenvalue weighted by Gasteiger charge is 2.33. The minimum Gasteiger partial charge on any atom is -0.352 e. The van der Waals surface area contributed by atoms with Crippen LogP contribution in [0.15, 0.2) is 30.3 Å². The average molecular weight is 324 g/mol. The van der Waals surface area contributed by atoms with Gasteiger partial charge in [0, 0.05) is 23.7 Å². The first-order valence-electron chi connectivity index (χ1n) is 7.59. The molecular formula is C16H22ClN3O2. The summed E-state index contributed by atoms with van der Waals surface area (Å²) in [6.07, 6.45) is 4.41. The molecule has 2 aliphatic rings. The van der Waals surface area contributed by atoms with Gasteiger partial charge in [-0.2, -0.15) is 0 Å². The molecule has 0 radical (unpaired) electrons. The van der Waals surface area contributed by atoms with Gasteiger partial charge in [0.1, 0.15) is 0 Å². The fourth-order valence-electron chi connectivity index (χ4n) is 3.31. The van der Waals surface area contributed by atoms with Crippen molar-refractivity contribution in [3.05, 3.63) is 35.9 Å². The lowest BCUT2D eigenvalue weighted by molar-refractivity contribution is -0.121. The third-order valence-corrected chi connectivity index (χ3v) is 4.28. The maximum Gasteiger partial charge on any atom is 0.251 e. The Balaban J connectivity index is 0.00000176. The fraction of sp³-hybridized carbons (Fsp3) is 0.500. The van der Waals surface area contributed by atoms with Gasteiger partial charge >= 0.3 is 0 Å². The van der Waals surface area contributed by atoms with E-state index in [9.17, 15) is 9.59 Å². The Hall–Kier alpha value is -1.59. The molecule has 120 valence electrons. The highest BCUT2D eigenvalue weighted by molar-refractivity contribution is 5.96. The number of nitrogens with one attached hydrogen (secondary N) is 3. The number of rotatable bonds is 4. The van der Waals surface area contributed by atoms with Crippen LogP contribution in [0.2, 0.25) is 0 Å². The van der Waals surface area contributed by atoms with Crippen molar-refractivity contribution in [1.82, 2.24) is 16.0 Å². The van der Waals surface area contributed by atoms with E-state index >= 15 is 0 Å². The van der Waals surface area contributed by atoms with E-state index in [1.54, 1.807) is 24.3 Å². The molecular weight excluding hydrogens is 302 g/mol. The van der Waals surface area contributed by atoms with Gasteiger partial charge in [-0.15, -0.1) is 12.4 Å². The lowest BCUT2D eigenvalue weighted by Crippen LogP contribution is -2.50. The molecule has 2 unspecified atom stereocenters. The average Bonchev–Trinajstić information content (AvgIpc) is 2.84. The molecule has 2 bridgehead atoms. The second-order valence-electron chi connectivity index (χ2n) is 5.92. The number of fused-ring (bicyclic) bond motifs is 2. The fourth-order valence-corrected chi connectivity index (χ4v) is 3.31. The Morgan fingerprint density at radius 1 is 1.09 bits per heavy atom. The van der Waals surface area contributed by atoms with Crippen LogP contribution >= 0.6 is 12.4 Å². The second kappa shape index (κ2) is 7.61. The van der Waals surface area contributed by atoms with Crippen molar-refractivity contribution in [2.75, 3.05) is 6.54 Å². The van der Waals surface area contributed by atoms with Crippen LogP contribution in [-0.4, -0.2) is 36.5 Å². The summed E-state index contributed by atoms with van der Waals surface area (Å²) >= 11 is 0. The minimum absolute atomic E-state index is 0. The molecule has 0 aromatic heterocycles. The van der Waals surface area contributed by atoms with Crippen molar-refractivity contribution in [3.8, 4) is 0 Å². The van der Waals surface area contributed by atoms with Gasteiger partial charge in [0.15, 0.2) is 0 Å². The Labute approximate surface area is 136 Å². The standard InChI is InChI=1S/C16H21N3O2.ClH/c20-15(10-17-16(21)11-4-2-1-3-5-11)19-14-8-12-6-7-13(9-14)18-12;/h1-5,12-14,18H,6-10H2,(H,17,21)(H,19,20);1H. The molecule has 1 aromatic carbocycles. The number of carbonyl (C=O) groups excluding carboxylic acids is 2. The van der Waals surface area contributed by atoms with Crippen LogP contribution < -0.4 is 16.0 Å². The van der Waals surface area contributed by atoms with Crippen LogP contribution in [0.25, 0.3) is 0 Å². The topological polar surface area (TPSA) is 70.2 Å². The number of halogens is 1. The molecule has 3 N–H and O–H groups in total. The monoisotopic (exact) mass is 323 g/mol. The van der Waals surface area contributed by atoms with Crippen LogP contribution in [0.3, 0.4) is 0 Å². The highest BCUT2D eigenvalue weighted by atomic mass is 35.5. The van der Waals surface area contributed by atoms with Gasteiger partial charge in [-0.3, -0.25) is 9.59 Å². The van der Waals surface area contributed by atoms with Crippen molar-refractivity contribution in [2.45, 2.75) is 43.8 Å². The number of benzene rings is 1. The Morgan fingerprint density at radius 2 is 1.73 bits per heavy atom. The lowest BCUT2D eigenvalue weighted by atomic mass is 10.00. The van der Waals surface area contributed by atoms with Crippen molar-refractivity contribution >= 4 is 24.2 Å². The normalized spacial score (nSPS) is 25.9. The van der Waals surface area contributed by atoms with Crippen molar-refractivity contribution in [1.29, 1.82) is 0 Å². The van der Waals surface area contributed by atoms with Gasteiger partial charge in [0.2, 0.25) is 5.91 Å². The molecule has 1 aromatic rings. The van der Waals surface area contributed by atoms with Crippen LogP contribution in [0, 0.1) is 0 Å². The van der Waals surface area contributed by atoms with Gasteiger partial charge in [-0.1, -0.05) is 18.2 Å². The zero-order chi connectivity index (χ0) is 14.7. The first kappa shape index (κ1) is 16.8. The zero-order valence-electron chi connectivity index (χ0n) is 12.4. The van der Waals surface area contributed by atoms with E-state index < -0.39 is 0 Å². The first-order chi connectivity index (χ1) is 10.2. The summed E-state index contributed by atoms with van der Waals surface area (Å²) in [5.41, 5.74) is 0.574. The van der Waals surface area contributed by atoms with Gasteiger partial charge in [-0.25, -0.2) is 0 Å². The SMILES string of the molecule is Cl.O=C(CNC(=O)c1ccccc1)NC1CC2CCC(C1)N2. The number of carbonyl (C=O) groups is 2. The predicted octanol–water partition coefficient (Wildman–Crippen LogP) is 1.24. The van der Waals surface area contributed by atoms with E-state index in [1.165, 1.54) is 12.8 Å². The molecule has 3 rings (SSSR count). The molecule has 0 spiro atoms. The van der Waals surface area contributed by atoms with E-state index in [-0.39, 0.29) is 36.8 Å². The smallest absolute Gasteiger partial charge is 0.251 e. The number of hydrogen-bond acceptors (Lipinski definition) is 3. The van der Waals surface area contributed by atoms with E-state index in [4.69, 9.17) is 0 Å². The third kappa shape index (κ3) is 4.21. The number of amides is 2. The Kier molecular flexibility index (Phi) is 5.80. The van der Waals surface area contributed by atoms with Crippen LogP contribution in [-0.2, 0) is 4.79 Å². The third-order valence-electron chi connectivity index (χ3n) is 4.28. The zero-order valence-corrected chi connectivity index (χ0v) is 13.2. The minimum atomic E-state index is -0.212. The summed E-state index contributed by atoms with van der Waals surface area (Å²) in [5.74, 6) is -0.318. The van der Waals surface area contributed by atoms with Gasteiger partial charge < -0.3 is 16.0 Å². The van der Waals surface area contributed by atoms with Crippen LogP contribution in [0.1, 0.15) is 36.0 Å². The molecule has 2 saturated heterocycles. The summed E-state index contributed by atoms with van der Waals surface area (Å²) in [5, 5.41) is 9.24. The summed E-state index contributed by atoms with van der Waals surface area (Å²) in [6.45, 7) is 0.0347. The highest BCUT2D eigenvalue weighted by Crippen LogP contribution is 2.26. The maximum atomic E-state index is 11.9. The van der Waals surface area contributed by atoms with Gasteiger partial charge in [-0.05, 0) is 37.8 Å². The van der Waals surface area contributed by atoms with Gasteiger partial charge in [0.05, 0.1) is 6.54 Å². The molecule has 22 heavy (non-hydrogen) atoms. The van der Waals surface area contributed by atoms with Crippen LogP contribution in [0.5, 0.6) is 0 Å². The first-order valence-corrected chi connectivity index (χ1v) is 7.59. The van der Waals surface area contributed by atoms with E-state index in [0.29, 0.717) is 17.6 Å². The Morgan fingerprint density at radius 3 is 2.36 bits per heavy atom. The molecule has 2 aliphatic heterocycles. The lowest BCUT2D eigenvalue weighted by Gasteiger charge is -2.29. The molecule has 2 fully saturated rings. The molecule has 5 nitrogen and oxygen atoms in total. The molecule has 2 heterocycles. The quantitative estimate of drug-likeness (QED) is 0.780. The van der Waals surface area contributed by atoms with Crippen molar-refractivity contribution in [2.24, 2.45) is 0 Å². The summed E-state index contributed by atoms with van der Waals surface area (Å²) in [7, 11) is 0. The number of piperidine rings is 1. The molecule has 6 heteroatoms. The largest absolute Gasteiger partial charge is 0.352 e. The molecule has 2 amide bonds. The van der Waals surface area contributed by atoms with Crippen molar-refractivity contribution < 1.29 is 9.59 Å². The van der Waals surface area contributed by atoms with Crippen molar-refractivity contribution in [3.63, 3.8) is 0 Å². The number of hydrogen-bond donors (Lipinski definition) is 3. The van der Waals surface area contributed by atoms with Crippen LogP contribution in [0.4, 0.5) is 0 Å². The predicted molar refractivity (Wildman–Crippen MR) is 87.1 cm³/mol. The summed E-state index contributed by atoms with van der Waals surface area (Å²) in [4.78, 5) is 23.8.